The second kappa shape index (κ2) is 7.06. The Morgan fingerprint density at radius 2 is 1.89 bits per heavy atom. The van der Waals surface area contributed by atoms with Gasteiger partial charge in [-0.15, -0.1) is 0 Å². The summed E-state index contributed by atoms with van der Waals surface area (Å²) < 4.78 is 26.9. The van der Waals surface area contributed by atoms with Crippen molar-refractivity contribution in [2.75, 3.05) is 11.4 Å². The van der Waals surface area contributed by atoms with Crippen LogP contribution in [0.3, 0.4) is 0 Å². The van der Waals surface area contributed by atoms with Crippen molar-refractivity contribution in [2.45, 2.75) is 29.7 Å². The number of nitrogens with zero attached hydrogens (tertiary/aromatic N) is 3. The van der Waals surface area contributed by atoms with Gasteiger partial charge in [0.1, 0.15) is 4.90 Å². The Labute approximate surface area is 173 Å². The molecule has 4 rings (SSSR count). The average Bonchev–Trinajstić information content (AvgIpc) is 2.67. The fourth-order valence-corrected chi connectivity index (χ4v) is 5.33. The third-order valence-electron chi connectivity index (χ3n) is 4.86. The van der Waals surface area contributed by atoms with Gasteiger partial charge in [-0.05, 0) is 48.7 Å². The molecule has 0 fully saturated rings. The van der Waals surface area contributed by atoms with Gasteiger partial charge in [0.25, 0.3) is 10.0 Å². The van der Waals surface area contributed by atoms with Gasteiger partial charge >= 0.3 is 0 Å². The van der Waals surface area contributed by atoms with Crippen LogP contribution in [0.4, 0.5) is 5.69 Å². The number of halogens is 1. The van der Waals surface area contributed by atoms with Crippen LogP contribution in [0.15, 0.2) is 52.6 Å². The Morgan fingerprint density at radius 1 is 1.11 bits per heavy atom. The third kappa shape index (κ3) is 3.27. The van der Waals surface area contributed by atoms with Gasteiger partial charge in [0.2, 0.25) is 0 Å². The zero-order valence-corrected chi connectivity index (χ0v) is 18.0. The van der Waals surface area contributed by atoms with Gasteiger partial charge < -0.3 is 0 Å². The third-order valence-corrected chi connectivity index (χ3v) is 7.80. The van der Waals surface area contributed by atoms with E-state index in [0.29, 0.717) is 32.9 Å². The molecule has 0 unspecified atom stereocenters. The summed E-state index contributed by atoms with van der Waals surface area (Å²) in [6, 6.07) is 11.4. The molecule has 0 bridgehead atoms. The van der Waals surface area contributed by atoms with Crippen molar-refractivity contribution in [1.29, 1.82) is 0 Å². The summed E-state index contributed by atoms with van der Waals surface area (Å²) in [6.07, 6.45) is 1.39. The van der Waals surface area contributed by atoms with Crippen molar-refractivity contribution >= 4 is 39.1 Å². The molecule has 5 nitrogen and oxygen atoms in total. The monoisotopic (exact) mass is 431 g/mol. The van der Waals surface area contributed by atoms with E-state index >= 15 is 0 Å². The molecule has 0 N–H and O–H groups in total. The van der Waals surface area contributed by atoms with Gasteiger partial charge in [0.05, 0.1) is 17.6 Å². The van der Waals surface area contributed by atoms with Gasteiger partial charge in [0, 0.05) is 23.4 Å². The Bertz CT molecular complexity index is 1200. The number of hydrogen-bond acceptors (Lipinski definition) is 5. The quantitative estimate of drug-likeness (QED) is 0.438. The number of aromatic nitrogens is 2. The van der Waals surface area contributed by atoms with Crippen LogP contribution in [0.25, 0.3) is 11.3 Å². The van der Waals surface area contributed by atoms with Gasteiger partial charge in [-0.1, -0.05) is 41.6 Å². The Morgan fingerprint density at radius 3 is 2.64 bits per heavy atom. The number of thioether (sulfide) groups is 1. The van der Waals surface area contributed by atoms with E-state index in [1.165, 1.54) is 46.0 Å². The summed E-state index contributed by atoms with van der Waals surface area (Å²) in [5.74, 6) is 0.703. The molecule has 0 aliphatic carbocycles. The SMILES string of the molecule is Cc1ccc(CSc2ncc3c(n2)-c2cc(Cl)ccc2N(C)S3(=O)=O)cc1C. The van der Waals surface area contributed by atoms with E-state index in [1.54, 1.807) is 18.2 Å². The van der Waals surface area contributed by atoms with Crippen LogP contribution in [0.5, 0.6) is 0 Å². The van der Waals surface area contributed by atoms with Gasteiger partial charge in [-0.25, -0.2) is 18.4 Å². The number of rotatable bonds is 3. The molecule has 0 amide bonds. The maximum absolute atomic E-state index is 12.8. The molecule has 2 aromatic carbocycles. The van der Waals surface area contributed by atoms with Gasteiger partial charge in [-0.2, -0.15) is 0 Å². The number of benzene rings is 2. The fraction of sp³-hybridized carbons (Fsp3) is 0.200. The minimum atomic E-state index is -3.69. The normalized spacial score (nSPS) is 14.5. The molecule has 0 saturated heterocycles. The molecule has 0 radical (unpaired) electrons. The molecular weight excluding hydrogens is 414 g/mol. The molecule has 8 heteroatoms. The van der Waals surface area contributed by atoms with Crippen molar-refractivity contribution in [3.63, 3.8) is 0 Å². The molecule has 0 spiro atoms. The first-order chi connectivity index (χ1) is 13.3. The summed E-state index contributed by atoms with van der Waals surface area (Å²) in [4.78, 5) is 8.95. The van der Waals surface area contributed by atoms with Crippen molar-refractivity contribution in [1.82, 2.24) is 9.97 Å². The van der Waals surface area contributed by atoms with Crippen LogP contribution in [-0.2, 0) is 15.8 Å². The maximum atomic E-state index is 12.8. The van der Waals surface area contributed by atoms with Crippen molar-refractivity contribution in [3.05, 3.63) is 64.3 Å². The zero-order valence-electron chi connectivity index (χ0n) is 15.6. The maximum Gasteiger partial charge on any atom is 0.267 e. The number of fused-ring (bicyclic) bond motifs is 3. The molecule has 0 saturated carbocycles. The van der Waals surface area contributed by atoms with Gasteiger partial charge in [0.15, 0.2) is 5.16 Å². The second-order valence-electron chi connectivity index (χ2n) is 6.71. The molecule has 2 heterocycles. The fourth-order valence-electron chi connectivity index (χ4n) is 3.10. The lowest BCUT2D eigenvalue weighted by Gasteiger charge is -2.28. The van der Waals surface area contributed by atoms with Crippen LogP contribution < -0.4 is 4.31 Å². The summed E-state index contributed by atoms with van der Waals surface area (Å²) in [5.41, 5.74) is 5.30. The van der Waals surface area contributed by atoms with Crippen LogP contribution in [0.2, 0.25) is 5.02 Å². The van der Waals surface area contributed by atoms with Crippen molar-refractivity contribution in [3.8, 4) is 11.3 Å². The molecule has 0 atom stereocenters. The van der Waals surface area contributed by atoms with E-state index < -0.39 is 10.0 Å². The minimum absolute atomic E-state index is 0.0975. The highest BCUT2D eigenvalue weighted by Crippen LogP contribution is 2.42. The standard InChI is InChI=1S/C20H18ClN3O2S2/c1-12-4-5-14(8-13(12)2)11-27-20-22-10-18-19(23-20)16-9-15(21)6-7-17(16)24(3)28(18,25)26/h4-10H,11H2,1-3H3. The first-order valence-electron chi connectivity index (χ1n) is 8.62. The Hall–Kier alpha value is -2.09. The number of aryl methyl sites for hydroxylation is 2. The number of hydrogen-bond donors (Lipinski definition) is 0. The Kier molecular flexibility index (Phi) is 4.85. The molecule has 3 aromatic rings. The van der Waals surface area contributed by atoms with Gasteiger partial charge in [-0.3, -0.25) is 4.31 Å². The largest absolute Gasteiger partial charge is 0.269 e. The number of sulfonamides is 1. The summed E-state index contributed by atoms with van der Waals surface area (Å²) in [7, 11) is -2.16. The minimum Gasteiger partial charge on any atom is -0.269 e. The van der Waals surface area contributed by atoms with E-state index in [-0.39, 0.29) is 4.90 Å². The topological polar surface area (TPSA) is 63.2 Å². The van der Waals surface area contributed by atoms with Crippen LogP contribution in [0.1, 0.15) is 16.7 Å². The lowest BCUT2D eigenvalue weighted by molar-refractivity contribution is 0.592. The van der Waals surface area contributed by atoms with Crippen molar-refractivity contribution < 1.29 is 8.42 Å². The lowest BCUT2D eigenvalue weighted by atomic mass is 10.1. The predicted molar refractivity (Wildman–Crippen MR) is 114 cm³/mol. The summed E-state index contributed by atoms with van der Waals surface area (Å²) in [6.45, 7) is 4.17. The molecule has 28 heavy (non-hydrogen) atoms. The lowest BCUT2D eigenvalue weighted by Crippen LogP contribution is -2.31. The van der Waals surface area contributed by atoms with Crippen LogP contribution in [-0.4, -0.2) is 25.4 Å². The smallest absolute Gasteiger partial charge is 0.267 e. The highest BCUT2D eigenvalue weighted by molar-refractivity contribution is 7.98. The van der Waals surface area contributed by atoms with Crippen LogP contribution >= 0.6 is 23.4 Å². The molecule has 1 aliphatic heterocycles. The first kappa shape index (κ1) is 19.2. The molecular formula is C20H18ClN3O2S2. The van der Waals surface area contributed by atoms with E-state index in [1.807, 2.05) is 0 Å². The highest BCUT2D eigenvalue weighted by Gasteiger charge is 2.34. The van der Waals surface area contributed by atoms with E-state index in [9.17, 15) is 8.42 Å². The first-order valence-corrected chi connectivity index (χ1v) is 11.4. The highest BCUT2D eigenvalue weighted by atomic mass is 35.5. The second-order valence-corrected chi connectivity index (χ2v) is 10.0. The summed E-state index contributed by atoms with van der Waals surface area (Å²) >= 11 is 7.63. The predicted octanol–water partition coefficient (Wildman–Crippen LogP) is 4.84. The van der Waals surface area contributed by atoms with Crippen LogP contribution in [0, 0.1) is 13.8 Å². The Balaban J connectivity index is 1.73. The summed E-state index contributed by atoms with van der Waals surface area (Å²) in [5, 5.41) is 1.06. The van der Waals surface area contributed by atoms with E-state index in [0.717, 1.165) is 0 Å². The van der Waals surface area contributed by atoms with E-state index in [4.69, 9.17) is 11.6 Å². The van der Waals surface area contributed by atoms with E-state index in [2.05, 4.69) is 42.0 Å². The zero-order chi connectivity index (χ0) is 20.1. The van der Waals surface area contributed by atoms with Crippen molar-refractivity contribution in [2.24, 2.45) is 0 Å². The number of anilines is 1. The molecule has 1 aliphatic rings. The molecule has 144 valence electrons. The average molecular weight is 432 g/mol. The molecule has 1 aromatic heterocycles.